The molecule has 6 nitrogen and oxygen atoms in total. The molecule has 1 atom stereocenters. The third-order valence-electron chi connectivity index (χ3n) is 3.61. The Hall–Kier alpha value is -2.95. The number of aromatic nitrogens is 1. The summed E-state index contributed by atoms with van der Waals surface area (Å²) in [6, 6.07) is 4.20. The summed E-state index contributed by atoms with van der Waals surface area (Å²) < 4.78 is 31.5. The third-order valence-corrected chi connectivity index (χ3v) is 3.61. The van der Waals surface area contributed by atoms with Crippen LogP contribution in [0.15, 0.2) is 28.8 Å². The standard InChI is InChI=1S/C15H12F2N4O2/c16-9-1-2-11(12(17)5-9)13-6-14(23-20-13)15(22)19-10-3-4-21(7-10)8-18/h1-2,5-6,10H,3-4,7H2,(H,19,22)/t10-/m1/s1. The predicted octanol–water partition coefficient (Wildman–Crippen LogP) is 1.90. The molecule has 2 heterocycles. The number of benzene rings is 1. The van der Waals surface area contributed by atoms with Gasteiger partial charge in [-0.1, -0.05) is 5.16 Å². The van der Waals surface area contributed by atoms with Gasteiger partial charge in [0.15, 0.2) is 6.19 Å². The van der Waals surface area contributed by atoms with E-state index in [9.17, 15) is 13.6 Å². The lowest BCUT2D eigenvalue weighted by atomic mass is 10.1. The molecular weight excluding hydrogens is 306 g/mol. The number of likely N-dealkylation sites (tertiary alicyclic amines) is 1. The Morgan fingerprint density at radius 3 is 2.96 bits per heavy atom. The molecule has 118 valence electrons. The Bertz CT molecular complexity index is 784. The molecule has 1 aromatic carbocycles. The van der Waals surface area contributed by atoms with Crippen LogP contribution in [-0.2, 0) is 0 Å². The second-order valence-electron chi connectivity index (χ2n) is 5.21. The van der Waals surface area contributed by atoms with Crippen molar-refractivity contribution in [1.82, 2.24) is 15.4 Å². The molecule has 1 aromatic heterocycles. The Kier molecular flexibility index (Phi) is 3.93. The first kappa shape index (κ1) is 15.0. The number of amides is 1. The number of rotatable bonds is 3. The van der Waals surface area contributed by atoms with Gasteiger partial charge in [-0.15, -0.1) is 0 Å². The average molecular weight is 318 g/mol. The van der Waals surface area contributed by atoms with Crippen LogP contribution in [0, 0.1) is 23.1 Å². The van der Waals surface area contributed by atoms with Gasteiger partial charge in [-0.3, -0.25) is 4.79 Å². The molecule has 3 rings (SSSR count). The van der Waals surface area contributed by atoms with Crippen molar-refractivity contribution in [3.8, 4) is 17.5 Å². The summed E-state index contributed by atoms with van der Waals surface area (Å²) in [5, 5.41) is 15.2. The average Bonchev–Trinajstić information content (AvgIpc) is 3.16. The monoisotopic (exact) mass is 318 g/mol. The zero-order chi connectivity index (χ0) is 16.4. The zero-order valence-electron chi connectivity index (χ0n) is 11.9. The smallest absolute Gasteiger partial charge is 0.290 e. The molecule has 1 amide bonds. The van der Waals surface area contributed by atoms with E-state index in [-0.39, 0.29) is 23.1 Å². The molecule has 1 fully saturated rings. The van der Waals surface area contributed by atoms with E-state index < -0.39 is 17.5 Å². The normalized spacial score (nSPS) is 17.1. The summed E-state index contributed by atoms with van der Waals surface area (Å²) in [6.07, 6.45) is 2.68. The highest BCUT2D eigenvalue weighted by Crippen LogP contribution is 2.23. The lowest BCUT2D eigenvalue weighted by Crippen LogP contribution is -2.36. The van der Waals surface area contributed by atoms with Gasteiger partial charge in [0.2, 0.25) is 5.76 Å². The van der Waals surface area contributed by atoms with Gasteiger partial charge >= 0.3 is 0 Å². The highest BCUT2D eigenvalue weighted by molar-refractivity contribution is 5.92. The van der Waals surface area contributed by atoms with Crippen molar-refractivity contribution >= 4 is 5.91 Å². The fourth-order valence-corrected chi connectivity index (χ4v) is 2.43. The van der Waals surface area contributed by atoms with Crippen molar-refractivity contribution in [2.75, 3.05) is 13.1 Å². The molecule has 0 bridgehead atoms. The molecule has 0 unspecified atom stereocenters. The maximum atomic E-state index is 13.7. The van der Waals surface area contributed by atoms with Crippen LogP contribution >= 0.6 is 0 Å². The van der Waals surface area contributed by atoms with Crippen LogP contribution in [0.1, 0.15) is 17.0 Å². The van der Waals surface area contributed by atoms with Crippen LogP contribution in [-0.4, -0.2) is 35.1 Å². The van der Waals surface area contributed by atoms with Crippen molar-refractivity contribution in [3.05, 3.63) is 41.7 Å². The van der Waals surface area contributed by atoms with Gasteiger partial charge in [0.25, 0.3) is 5.91 Å². The van der Waals surface area contributed by atoms with Crippen molar-refractivity contribution in [3.63, 3.8) is 0 Å². The first-order valence-electron chi connectivity index (χ1n) is 6.94. The van der Waals surface area contributed by atoms with E-state index in [0.29, 0.717) is 19.5 Å². The van der Waals surface area contributed by atoms with Crippen LogP contribution < -0.4 is 5.32 Å². The molecule has 0 radical (unpaired) electrons. The maximum absolute atomic E-state index is 13.7. The van der Waals surface area contributed by atoms with Gasteiger partial charge in [0.05, 0.1) is 0 Å². The van der Waals surface area contributed by atoms with E-state index in [2.05, 4.69) is 10.5 Å². The molecule has 2 aromatic rings. The molecular formula is C15H12F2N4O2. The fourth-order valence-electron chi connectivity index (χ4n) is 2.43. The largest absolute Gasteiger partial charge is 0.350 e. The van der Waals surface area contributed by atoms with Crippen LogP contribution in [0.2, 0.25) is 0 Å². The van der Waals surface area contributed by atoms with Crippen molar-refractivity contribution in [2.24, 2.45) is 0 Å². The SMILES string of the molecule is N#CN1CC[C@@H](NC(=O)c2cc(-c3ccc(F)cc3F)no2)C1. The van der Waals surface area contributed by atoms with E-state index >= 15 is 0 Å². The molecule has 1 aliphatic heterocycles. The number of nitrogens with zero attached hydrogens (tertiary/aromatic N) is 3. The number of carbonyl (C=O) groups is 1. The number of halogens is 2. The molecule has 23 heavy (non-hydrogen) atoms. The van der Waals surface area contributed by atoms with Gasteiger partial charge in [-0.25, -0.2) is 8.78 Å². The minimum absolute atomic E-state index is 0.0470. The van der Waals surface area contributed by atoms with Gasteiger partial charge in [0.1, 0.15) is 17.3 Å². The van der Waals surface area contributed by atoms with Crippen LogP contribution in [0.3, 0.4) is 0 Å². The van der Waals surface area contributed by atoms with Gasteiger partial charge < -0.3 is 14.7 Å². The summed E-state index contributed by atoms with van der Waals surface area (Å²) in [7, 11) is 0. The number of nitrogens with one attached hydrogen (secondary N) is 1. The summed E-state index contributed by atoms with van der Waals surface area (Å²) in [6.45, 7) is 1.03. The van der Waals surface area contributed by atoms with Crippen LogP contribution in [0.4, 0.5) is 8.78 Å². The highest BCUT2D eigenvalue weighted by Gasteiger charge is 2.25. The van der Waals surface area contributed by atoms with Crippen LogP contribution in [0.25, 0.3) is 11.3 Å². The zero-order valence-corrected chi connectivity index (χ0v) is 11.9. The highest BCUT2D eigenvalue weighted by atomic mass is 19.1. The summed E-state index contributed by atoms with van der Waals surface area (Å²) in [4.78, 5) is 13.6. The second-order valence-corrected chi connectivity index (χ2v) is 5.21. The molecule has 0 spiro atoms. The molecule has 1 aliphatic rings. The Balaban J connectivity index is 1.72. The molecule has 8 heteroatoms. The Morgan fingerprint density at radius 2 is 2.26 bits per heavy atom. The van der Waals surface area contributed by atoms with Crippen molar-refractivity contribution in [1.29, 1.82) is 5.26 Å². The Labute approximate surface area is 130 Å². The summed E-state index contributed by atoms with van der Waals surface area (Å²) in [5.41, 5.74) is 0.156. The van der Waals surface area contributed by atoms with Crippen molar-refractivity contribution in [2.45, 2.75) is 12.5 Å². The predicted molar refractivity (Wildman–Crippen MR) is 74.9 cm³/mol. The van der Waals surface area contributed by atoms with Gasteiger partial charge in [-0.05, 0) is 18.6 Å². The summed E-state index contributed by atoms with van der Waals surface area (Å²) >= 11 is 0. The van der Waals surface area contributed by atoms with E-state index in [0.717, 1.165) is 12.1 Å². The molecule has 1 N–H and O–H groups in total. The number of hydrogen-bond acceptors (Lipinski definition) is 5. The van der Waals surface area contributed by atoms with E-state index in [1.807, 2.05) is 6.19 Å². The topological polar surface area (TPSA) is 82.2 Å². The minimum atomic E-state index is -0.786. The number of carbonyl (C=O) groups excluding carboxylic acids is 1. The molecule has 1 saturated heterocycles. The summed E-state index contributed by atoms with van der Waals surface area (Å²) in [5.74, 6) is -2.04. The number of nitriles is 1. The third kappa shape index (κ3) is 3.13. The first-order chi connectivity index (χ1) is 11.1. The van der Waals surface area contributed by atoms with Gasteiger partial charge in [-0.2, -0.15) is 5.26 Å². The quantitative estimate of drug-likeness (QED) is 0.874. The lowest BCUT2D eigenvalue weighted by Gasteiger charge is -2.10. The molecule has 0 saturated carbocycles. The first-order valence-corrected chi connectivity index (χ1v) is 6.94. The Morgan fingerprint density at radius 1 is 1.43 bits per heavy atom. The second kappa shape index (κ2) is 6.04. The van der Waals surface area contributed by atoms with Gasteiger partial charge in [0, 0.05) is 36.8 Å². The molecule has 0 aliphatic carbocycles. The maximum Gasteiger partial charge on any atom is 0.290 e. The lowest BCUT2D eigenvalue weighted by molar-refractivity contribution is 0.0901. The number of hydrogen-bond donors (Lipinski definition) is 1. The van der Waals surface area contributed by atoms with E-state index in [4.69, 9.17) is 9.78 Å². The van der Waals surface area contributed by atoms with E-state index in [1.165, 1.54) is 12.1 Å². The van der Waals surface area contributed by atoms with E-state index in [1.54, 1.807) is 4.90 Å². The van der Waals surface area contributed by atoms with Crippen molar-refractivity contribution < 1.29 is 18.1 Å². The van der Waals surface area contributed by atoms with Crippen LogP contribution in [0.5, 0.6) is 0 Å². The fraction of sp³-hybridized carbons (Fsp3) is 0.267. The minimum Gasteiger partial charge on any atom is -0.350 e.